The number of nitrogens with zero attached hydrogens (tertiary/aromatic N) is 4. The summed E-state index contributed by atoms with van der Waals surface area (Å²) in [7, 11) is 0. The lowest BCUT2D eigenvalue weighted by Gasteiger charge is -2.35. The van der Waals surface area contributed by atoms with Gasteiger partial charge in [-0.15, -0.1) is 0 Å². The minimum Gasteiger partial charge on any atom is -0.508 e. The summed E-state index contributed by atoms with van der Waals surface area (Å²) in [6, 6.07) is 8.77. The van der Waals surface area contributed by atoms with Crippen LogP contribution in [0.3, 0.4) is 0 Å². The van der Waals surface area contributed by atoms with Crippen molar-refractivity contribution in [1.82, 2.24) is 20.2 Å². The summed E-state index contributed by atoms with van der Waals surface area (Å²) in [5, 5.41) is 16.8. The zero-order valence-electron chi connectivity index (χ0n) is 24.3. The Morgan fingerprint density at radius 3 is 2.77 bits per heavy atom. The molecule has 0 saturated carbocycles. The standard InChI is InChI=1S/C33H35ClFN5O3/c1-2-22-25(35)6-5-19-13-21(41)14-23(27(19)22)24-15-26-28-30(29(24)34)42-17-20-16-36-9-12-40(20)31(28)38-32(37-26)43-18-33-7-3-10-39(33)11-4-8-33/h5-6,13-15,20,36,41H,2-4,7-12,16-18H2,1H3. The molecule has 10 heteroatoms. The molecular weight excluding hydrogens is 569 g/mol. The molecule has 1 aromatic heterocycles. The first-order chi connectivity index (χ1) is 21.0. The number of phenolic OH excluding ortho intramolecular Hbond substituents is 1. The fourth-order valence-electron chi connectivity index (χ4n) is 7.89. The predicted octanol–water partition coefficient (Wildman–Crippen LogP) is 5.69. The summed E-state index contributed by atoms with van der Waals surface area (Å²) in [6.07, 6.45) is 5.13. The van der Waals surface area contributed by atoms with Gasteiger partial charge >= 0.3 is 6.01 Å². The van der Waals surface area contributed by atoms with E-state index in [1.54, 1.807) is 18.2 Å². The van der Waals surface area contributed by atoms with Gasteiger partial charge in [0.15, 0.2) is 5.75 Å². The number of aromatic nitrogens is 2. The Bertz CT molecular complexity index is 1760. The van der Waals surface area contributed by atoms with Gasteiger partial charge in [0.2, 0.25) is 0 Å². The quantitative estimate of drug-likeness (QED) is 0.301. The van der Waals surface area contributed by atoms with Gasteiger partial charge in [-0.1, -0.05) is 24.6 Å². The fourth-order valence-corrected chi connectivity index (χ4v) is 8.19. The van der Waals surface area contributed by atoms with E-state index in [0.717, 1.165) is 67.5 Å². The minimum atomic E-state index is -0.287. The smallest absolute Gasteiger partial charge is 0.319 e. The molecule has 0 radical (unpaired) electrons. The summed E-state index contributed by atoms with van der Waals surface area (Å²) < 4.78 is 28.0. The summed E-state index contributed by atoms with van der Waals surface area (Å²) in [4.78, 5) is 14.8. The molecule has 5 heterocycles. The highest BCUT2D eigenvalue weighted by Crippen LogP contribution is 2.49. The van der Waals surface area contributed by atoms with Crippen molar-refractivity contribution in [2.45, 2.75) is 50.6 Å². The Labute approximate surface area is 254 Å². The van der Waals surface area contributed by atoms with Crippen LogP contribution in [-0.4, -0.2) is 77.5 Å². The Balaban J connectivity index is 1.33. The molecule has 2 N–H and O–H groups in total. The van der Waals surface area contributed by atoms with E-state index in [1.165, 1.54) is 18.9 Å². The van der Waals surface area contributed by atoms with Gasteiger partial charge in [-0.2, -0.15) is 9.97 Å². The van der Waals surface area contributed by atoms with Crippen molar-refractivity contribution in [3.8, 4) is 28.6 Å². The van der Waals surface area contributed by atoms with E-state index in [2.05, 4.69) is 15.1 Å². The van der Waals surface area contributed by atoms with Gasteiger partial charge in [0, 0.05) is 25.2 Å². The van der Waals surface area contributed by atoms with Crippen molar-refractivity contribution >= 4 is 39.1 Å². The normalized spacial score (nSPS) is 21.1. The molecule has 0 spiro atoms. The lowest BCUT2D eigenvalue weighted by atomic mass is 9.92. The van der Waals surface area contributed by atoms with Gasteiger partial charge in [-0.3, -0.25) is 4.90 Å². The van der Waals surface area contributed by atoms with Crippen LogP contribution in [0.25, 0.3) is 32.8 Å². The Kier molecular flexibility index (Phi) is 6.54. The van der Waals surface area contributed by atoms with Gasteiger partial charge in [-0.25, -0.2) is 4.39 Å². The van der Waals surface area contributed by atoms with E-state index in [9.17, 15) is 5.11 Å². The fraction of sp³-hybridized carbons (Fsp3) is 0.455. The van der Waals surface area contributed by atoms with Gasteiger partial charge in [-0.05, 0) is 91.4 Å². The molecule has 4 aliphatic rings. The first kappa shape index (κ1) is 27.2. The van der Waals surface area contributed by atoms with Gasteiger partial charge in [0.1, 0.15) is 30.6 Å². The topological polar surface area (TPSA) is 83.0 Å². The van der Waals surface area contributed by atoms with Crippen molar-refractivity contribution < 1.29 is 19.0 Å². The molecule has 3 saturated heterocycles. The zero-order valence-corrected chi connectivity index (χ0v) is 25.0. The number of halogens is 2. The number of rotatable bonds is 5. The molecule has 3 aromatic carbocycles. The highest BCUT2D eigenvalue weighted by Gasteiger charge is 2.45. The number of benzene rings is 3. The number of fused-ring (bicyclic) bond motifs is 4. The number of ether oxygens (including phenoxy) is 2. The molecule has 0 aliphatic carbocycles. The minimum absolute atomic E-state index is 0.0601. The third kappa shape index (κ3) is 4.30. The molecule has 0 bridgehead atoms. The maximum atomic E-state index is 15.1. The van der Waals surface area contributed by atoms with Crippen LogP contribution in [0.4, 0.5) is 10.2 Å². The second kappa shape index (κ2) is 10.4. The van der Waals surface area contributed by atoms with Crippen LogP contribution < -0.4 is 19.7 Å². The van der Waals surface area contributed by atoms with E-state index < -0.39 is 0 Å². The van der Waals surface area contributed by atoms with E-state index >= 15 is 4.39 Å². The highest BCUT2D eigenvalue weighted by molar-refractivity contribution is 6.37. The van der Waals surface area contributed by atoms with Crippen LogP contribution in [0.5, 0.6) is 17.5 Å². The molecule has 8 nitrogen and oxygen atoms in total. The number of anilines is 1. The van der Waals surface area contributed by atoms with Crippen LogP contribution >= 0.6 is 11.6 Å². The first-order valence-electron chi connectivity index (χ1n) is 15.4. The molecule has 8 rings (SSSR count). The molecule has 4 aliphatic heterocycles. The van der Waals surface area contributed by atoms with E-state index in [-0.39, 0.29) is 23.1 Å². The van der Waals surface area contributed by atoms with Crippen LogP contribution in [-0.2, 0) is 6.42 Å². The summed E-state index contributed by atoms with van der Waals surface area (Å²) in [5.41, 5.74) is 2.53. The lowest BCUT2D eigenvalue weighted by molar-refractivity contribution is 0.108. The largest absolute Gasteiger partial charge is 0.508 e. The second-order valence-electron chi connectivity index (χ2n) is 12.3. The first-order valence-corrected chi connectivity index (χ1v) is 15.8. The number of phenols is 1. The average molecular weight is 604 g/mol. The molecule has 3 fully saturated rings. The Morgan fingerprint density at radius 1 is 1.12 bits per heavy atom. The SMILES string of the molecule is CCc1c(F)ccc2cc(O)cc(-c3cc4nc(OCC56CCCN5CCC6)nc5c4c(c3Cl)OCC3CNCCN53)c12. The number of aryl methyl sites for hydroxylation is 1. The van der Waals surface area contributed by atoms with Crippen LogP contribution in [0.15, 0.2) is 30.3 Å². The number of piperazine rings is 1. The third-order valence-corrected chi connectivity index (χ3v) is 10.3. The molecule has 1 unspecified atom stereocenters. The monoisotopic (exact) mass is 603 g/mol. The molecule has 4 aromatic rings. The zero-order chi connectivity index (χ0) is 29.3. The van der Waals surface area contributed by atoms with Crippen LogP contribution in [0.2, 0.25) is 5.02 Å². The van der Waals surface area contributed by atoms with Crippen molar-refractivity contribution in [1.29, 1.82) is 0 Å². The number of hydrogen-bond donors (Lipinski definition) is 2. The molecule has 224 valence electrons. The second-order valence-corrected chi connectivity index (χ2v) is 12.7. The molecule has 1 atom stereocenters. The van der Waals surface area contributed by atoms with Crippen LogP contribution in [0.1, 0.15) is 38.2 Å². The molecular formula is C33H35ClFN5O3. The van der Waals surface area contributed by atoms with Crippen LogP contribution in [0, 0.1) is 5.82 Å². The Hall–Kier alpha value is -3.40. The third-order valence-electron chi connectivity index (χ3n) is 9.96. The average Bonchev–Trinajstić information content (AvgIpc) is 3.55. The number of nitrogens with one attached hydrogen (secondary N) is 1. The van der Waals surface area contributed by atoms with Gasteiger partial charge in [0.25, 0.3) is 0 Å². The van der Waals surface area contributed by atoms with Crippen molar-refractivity contribution in [3.05, 3.63) is 46.7 Å². The maximum absolute atomic E-state index is 15.1. The summed E-state index contributed by atoms with van der Waals surface area (Å²) in [5.74, 6) is 1.06. The predicted molar refractivity (Wildman–Crippen MR) is 166 cm³/mol. The van der Waals surface area contributed by atoms with E-state index in [0.29, 0.717) is 58.6 Å². The number of aromatic hydroxyl groups is 1. The van der Waals surface area contributed by atoms with E-state index in [1.807, 2.05) is 13.0 Å². The summed E-state index contributed by atoms with van der Waals surface area (Å²) >= 11 is 7.21. The highest BCUT2D eigenvalue weighted by atomic mass is 35.5. The van der Waals surface area contributed by atoms with Crippen molar-refractivity contribution in [2.24, 2.45) is 0 Å². The van der Waals surface area contributed by atoms with Crippen molar-refractivity contribution in [3.63, 3.8) is 0 Å². The lowest BCUT2D eigenvalue weighted by Crippen LogP contribution is -2.53. The molecule has 43 heavy (non-hydrogen) atoms. The van der Waals surface area contributed by atoms with Gasteiger partial charge in [0.05, 0.1) is 27.5 Å². The van der Waals surface area contributed by atoms with Gasteiger partial charge < -0.3 is 24.8 Å². The van der Waals surface area contributed by atoms with Crippen molar-refractivity contribution in [2.75, 3.05) is 50.8 Å². The molecule has 0 amide bonds. The van der Waals surface area contributed by atoms with E-state index in [4.69, 9.17) is 31.0 Å². The maximum Gasteiger partial charge on any atom is 0.319 e. The summed E-state index contributed by atoms with van der Waals surface area (Å²) in [6.45, 7) is 7.51. The number of hydrogen-bond acceptors (Lipinski definition) is 8. The Morgan fingerprint density at radius 2 is 1.95 bits per heavy atom.